The SMILES string of the molecule is CCCNCc1cccc(F)c1N. The Kier molecular flexibility index (Phi) is 3.71. The molecular formula is C10H15FN2. The van der Waals surface area contributed by atoms with Crippen molar-refractivity contribution in [2.45, 2.75) is 19.9 Å². The molecule has 0 amide bonds. The largest absolute Gasteiger partial charge is 0.396 e. The van der Waals surface area contributed by atoms with Crippen LogP contribution in [0.2, 0.25) is 0 Å². The molecule has 2 nitrogen and oxygen atoms in total. The lowest BCUT2D eigenvalue weighted by molar-refractivity contribution is 0.625. The minimum absolute atomic E-state index is 0.256. The van der Waals surface area contributed by atoms with Crippen molar-refractivity contribution in [3.63, 3.8) is 0 Å². The summed E-state index contributed by atoms with van der Waals surface area (Å²) in [5, 5.41) is 3.17. The molecule has 3 N–H and O–H groups in total. The molecule has 0 bridgehead atoms. The smallest absolute Gasteiger partial charge is 0.146 e. The maximum Gasteiger partial charge on any atom is 0.146 e. The monoisotopic (exact) mass is 182 g/mol. The first-order valence-corrected chi connectivity index (χ1v) is 4.49. The predicted octanol–water partition coefficient (Wildman–Crippen LogP) is 1.91. The average Bonchev–Trinajstić information content (AvgIpc) is 2.13. The third kappa shape index (κ3) is 2.70. The maximum absolute atomic E-state index is 12.9. The van der Waals surface area contributed by atoms with Gasteiger partial charge in [0.25, 0.3) is 0 Å². The Balaban J connectivity index is 2.61. The quantitative estimate of drug-likeness (QED) is 0.551. The first-order chi connectivity index (χ1) is 6.25. The zero-order valence-electron chi connectivity index (χ0n) is 7.81. The van der Waals surface area contributed by atoms with E-state index in [1.165, 1.54) is 6.07 Å². The highest BCUT2D eigenvalue weighted by Gasteiger charge is 2.02. The molecule has 0 atom stereocenters. The van der Waals surface area contributed by atoms with Crippen LogP contribution in [0.3, 0.4) is 0 Å². The van der Waals surface area contributed by atoms with E-state index in [1.54, 1.807) is 6.07 Å². The number of anilines is 1. The van der Waals surface area contributed by atoms with Gasteiger partial charge in [-0.3, -0.25) is 0 Å². The van der Waals surface area contributed by atoms with Gasteiger partial charge in [-0.2, -0.15) is 0 Å². The fraction of sp³-hybridized carbons (Fsp3) is 0.400. The van der Waals surface area contributed by atoms with Crippen molar-refractivity contribution in [3.8, 4) is 0 Å². The number of nitrogen functional groups attached to an aromatic ring is 1. The van der Waals surface area contributed by atoms with E-state index in [4.69, 9.17) is 5.73 Å². The van der Waals surface area contributed by atoms with Gasteiger partial charge in [0.2, 0.25) is 0 Å². The summed E-state index contributed by atoms with van der Waals surface area (Å²) in [7, 11) is 0. The van der Waals surface area contributed by atoms with E-state index >= 15 is 0 Å². The molecule has 0 heterocycles. The molecule has 13 heavy (non-hydrogen) atoms. The van der Waals surface area contributed by atoms with Crippen LogP contribution < -0.4 is 11.1 Å². The van der Waals surface area contributed by atoms with Crippen molar-refractivity contribution in [1.29, 1.82) is 0 Å². The van der Waals surface area contributed by atoms with Crippen LogP contribution in [0.15, 0.2) is 18.2 Å². The van der Waals surface area contributed by atoms with E-state index in [0.29, 0.717) is 6.54 Å². The van der Waals surface area contributed by atoms with Crippen LogP contribution in [0.5, 0.6) is 0 Å². The summed E-state index contributed by atoms with van der Waals surface area (Å²) in [6.07, 6.45) is 1.06. The molecule has 0 aromatic heterocycles. The standard InChI is InChI=1S/C10H15FN2/c1-2-6-13-7-8-4-3-5-9(11)10(8)12/h3-5,13H,2,6-7,12H2,1H3. The Bertz CT molecular complexity index is 274. The lowest BCUT2D eigenvalue weighted by Gasteiger charge is -2.06. The number of nitrogens with two attached hydrogens (primary N) is 1. The van der Waals surface area contributed by atoms with E-state index < -0.39 is 0 Å². The highest BCUT2D eigenvalue weighted by atomic mass is 19.1. The lowest BCUT2D eigenvalue weighted by Crippen LogP contribution is -2.15. The third-order valence-corrected chi connectivity index (χ3v) is 1.89. The summed E-state index contributed by atoms with van der Waals surface area (Å²) >= 11 is 0. The summed E-state index contributed by atoms with van der Waals surface area (Å²) < 4.78 is 12.9. The molecule has 0 spiro atoms. The minimum atomic E-state index is -0.337. The van der Waals surface area contributed by atoms with Crippen LogP contribution in [0.4, 0.5) is 10.1 Å². The number of benzene rings is 1. The molecule has 0 saturated carbocycles. The van der Waals surface area contributed by atoms with Crippen molar-refractivity contribution in [2.75, 3.05) is 12.3 Å². The van der Waals surface area contributed by atoms with Gasteiger partial charge in [0.15, 0.2) is 0 Å². The van der Waals surface area contributed by atoms with Crippen LogP contribution in [0, 0.1) is 5.82 Å². The second kappa shape index (κ2) is 4.82. The normalized spacial score (nSPS) is 10.3. The van der Waals surface area contributed by atoms with Crippen molar-refractivity contribution in [3.05, 3.63) is 29.6 Å². The van der Waals surface area contributed by atoms with Crippen LogP contribution in [-0.2, 0) is 6.54 Å². The molecule has 0 aliphatic carbocycles. The molecule has 3 heteroatoms. The van der Waals surface area contributed by atoms with E-state index in [9.17, 15) is 4.39 Å². The Labute approximate surface area is 77.9 Å². The number of para-hydroxylation sites is 1. The van der Waals surface area contributed by atoms with Crippen LogP contribution in [-0.4, -0.2) is 6.54 Å². The first kappa shape index (κ1) is 9.99. The van der Waals surface area contributed by atoms with Crippen molar-refractivity contribution < 1.29 is 4.39 Å². The van der Waals surface area contributed by atoms with Crippen molar-refractivity contribution >= 4 is 5.69 Å². The number of nitrogens with one attached hydrogen (secondary N) is 1. The predicted molar refractivity (Wildman–Crippen MR) is 52.8 cm³/mol. The Hall–Kier alpha value is -1.09. The van der Waals surface area contributed by atoms with E-state index in [2.05, 4.69) is 12.2 Å². The fourth-order valence-electron chi connectivity index (χ4n) is 1.14. The third-order valence-electron chi connectivity index (χ3n) is 1.89. The lowest BCUT2D eigenvalue weighted by atomic mass is 10.1. The molecule has 72 valence electrons. The molecule has 0 aliphatic rings. The molecule has 1 aromatic rings. The zero-order chi connectivity index (χ0) is 9.68. The Morgan fingerprint density at radius 2 is 2.23 bits per heavy atom. The van der Waals surface area contributed by atoms with E-state index in [1.807, 2.05) is 6.07 Å². The number of rotatable bonds is 4. The Morgan fingerprint density at radius 1 is 1.46 bits per heavy atom. The molecule has 0 aliphatic heterocycles. The first-order valence-electron chi connectivity index (χ1n) is 4.49. The zero-order valence-corrected chi connectivity index (χ0v) is 7.81. The fourth-order valence-corrected chi connectivity index (χ4v) is 1.14. The van der Waals surface area contributed by atoms with Gasteiger partial charge in [0.1, 0.15) is 5.82 Å². The summed E-state index contributed by atoms with van der Waals surface area (Å²) in [6.45, 7) is 3.65. The van der Waals surface area contributed by atoms with Gasteiger partial charge in [0, 0.05) is 6.54 Å². The van der Waals surface area contributed by atoms with Crippen LogP contribution >= 0.6 is 0 Å². The average molecular weight is 182 g/mol. The van der Waals surface area contributed by atoms with Crippen molar-refractivity contribution in [1.82, 2.24) is 5.32 Å². The number of hydrogen-bond acceptors (Lipinski definition) is 2. The minimum Gasteiger partial charge on any atom is -0.396 e. The van der Waals surface area contributed by atoms with Gasteiger partial charge in [-0.1, -0.05) is 19.1 Å². The number of halogens is 1. The molecule has 0 unspecified atom stereocenters. The summed E-state index contributed by atoms with van der Waals surface area (Å²) in [6, 6.07) is 4.88. The van der Waals surface area contributed by atoms with Crippen molar-refractivity contribution in [2.24, 2.45) is 0 Å². The van der Waals surface area contributed by atoms with E-state index in [0.717, 1.165) is 18.5 Å². The van der Waals surface area contributed by atoms with Gasteiger partial charge in [-0.15, -0.1) is 0 Å². The highest BCUT2D eigenvalue weighted by Crippen LogP contribution is 2.14. The molecule has 0 saturated heterocycles. The van der Waals surface area contributed by atoms with Gasteiger partial charge < -0.3 is 11.1 Å². The molecule has 1 aromatic carbocycles. The van der Waals surface area contributed by atoms with Crippen LogP contribution in [0.25, 0.3) is 0 Å². The highest BCUT2D eigenvalue weighted by molar-refractivity contribution is 5.47. The van der Waals surface area contributed by atoms with E-state index in [-0.39, 0.29) is 11.5 Å². The second-order valence-corrected chi connectivity index (χ2v) is 2.99. The van der Waals surface area contributed by atoms with Gasteiger partial charge in [0.05, 0.1) is 5.69 Å². The Morgan fingerprint density at radius 3 is 2.92 bits per heavy atom. The van der Waals surface area contributed by atoms with Crippen LogP contribution in [0.1, 0.15) is 18.9 Å². The molecule has 1 rings (SSSR count). The maximum atomic E-state index is 12.9. The molecular weight excluding hydrogens is 167 g/mol. The summed E-state index contributed by atoms with van der Waals surface area (Å²) in [5.41, 5.74) is 6.63. The molecule has 0 fully saturated rings. The molecule has 0 radical (unpaired) electrons. The summed E-state index contributed by atoms with van der Waals surface area (Å²) in [5.74, 6) is -0.337. The van der Waals surface area contributed by atoms with Gasteiger partial charge in [-0.25, -0.2) is 4.39 Å². The van der Waals surface area contributed by atoms with Gasteiger partial charge >= 0.3 is 0 Å². The topological polar surface area (TPSA) is 38.0 Å². The number of hydrogen-bond donors (Lipinski definition) is 2. The second-order valence-electron chi connectivity index (χ2n) is 2.99. The van der Waals surface area contributed by atoms with Gasteiger partial charge in [-0.05, 0) is 24.6 Å². The summed E-state index contributed by atoms with van der Waals surface area (Å²) in [4.78, 5) is 0.